The van der Waals surface area contributed by atoms with Gasteiger partial charge in [-0.15, -0.1) is 0 Å². The zero-order valence-corrected chi connectivity index (χ0v) is 10.7. The Labute approximate surface area is 97.8 Å². The molecule has 0 unspecified atom stereocenters. The highest BCUT2D eigenvalue weighted by Gasteiger charge is 2.54. The van der Waals surface area contributed by atoms with Gasteiger partial charge in [-0.1, -0.05) is 11.6 Å². The van der Waals surface area contributed by atoms with E-state index in [1.54, 1.807) is 0 Å². The second kappa shape index (κ2) is 4.13. The molecule has 3 heteroatoms. The van der Waals surface area contributed by atoms with Crippen LogP contribution in [-0.2, 0) is 14.2 Å². The molecule has 92 valence electrons. The molecule has 3 atom stereocenters. The fraction of sp³-hybridized carbons (Fsp3) is 0.846. The lowest BCUT2D eigenvalue weighted by atomic mass is 9.93. The van der Waals surface area contributed by atoms with Crippen molar-refractivity contribution in [3.05, 3.63) is 11.6 Å². The summed E-state index contributed by atoms with van der Waals surface area (Å²) in [4.78, 5) is 0. The van der Waals surface area contributed by atoms with E-state index in [1.807, 2.05) is 6.92 Å². The summed E-state index contributed by atoms with van der Waals surface area (Å²) in [6, 6.07) is 0. The van der Waals surface area contributed by atoms with Crippen molar-refractivity contribution in [1.29, 1.82) is 0 Å². The summed E-state index contributed by atoms with van der Waals surface area (Å²) in [5.41, 5.74) is 1.16. The minimum Gasteiger partial charge on any atom is -0.373 e. The second-order valence-electron chi connectivity index (χ2n) is 5.49. The Morgan fingerprint density at radius 3 is 2.75 bits per heavy atom. The molecule has 3 nitrogen and oxygen atoms in total. The van der Waals surface area contributed by atoms with Crippen LogP contribution in [0.15, 0.2) is 11.6 Å². The molecule has 0 aliphatic carbocycles. The van der Waals surface area contributed by atoms with Crippen LogP contribution in [0, 0.1) is 0 Å². The summed E-state index contributed by atoms with van der Waals surface area (Å²) in [6.45, 7) is 9.54. The van der Waals surface area contributed by atoms with Crippen LogP contribution in [0.1, 0.15) is 40.5 Å². The number of hydrogen-bond donors (Lipinski definition) is 0. The van der Waals surface area contributed by atoms with Crippen molar-refractivity contribution < 1.29 is 14.2 Å². The molecule has 0 radical (unpaired) electrons. The highest BCUT2D eigenvalue weighted by atomic mass is 16.8. The van der Waals surface area contributed by atoms with Crippen LogP contribution < -0.4 is 0 Å². The molecule has 16 heavy (non-hydrogen) atoms. The second-order valence-corrected chi connectivity index (χ2v) is 5.49. The predicted molar refractivity (Wildman–Crippen MR) is 62.3 cm³/mol. The zero-order valence-electron chi connectivity index (χ0n) is 10.7. The summed E-state index contributed by atoms with van der Waals surface area (Å²) in [5.74, 6) is -0.525. The molecule has 0 aromatic heterocycles. The van der Waals surface area contributed by atoms with E-state index in [2.05, 4.69) is 26.8 Å². The molecule has 0 aromatic rings. The summed E-state index contributed by atoms with van der Waals surface area (Å²) in [5, 5.41) is 0. The van der Waals surface area contributed by atoms with E-state index < -0.39 is 5.79 Å². The third-order valence-electron chi connectivity index (χ3n) is 3.35. The van der Waals surface area contributed by atoms with E-state index in [9.17, 15) is 0 Å². The third kappa shape index (κ3) is 2.31. The topological polar surface area (TPSA) is 27.7 Å². The lowest BCUT2D eigenvalue weighted by Gasteiger charge is -2.27. The smallest absolute Gasteiger partial charge is 0.190 e. The van der Waals surface area contributed by atoms with Crippen LogP contribution in [-0.4, -0.2) is 30.7 Å². The van der Waals surface area contributed by atoms with Crippen molar-refractivity contribution in [2.75, 3.05) is 13.2 Å². The maximum Gasteiger partial charge on any atom is 0.190 e. The van der Waals surface area contributed by atoms with Gasteiger partial charge in [0.2, 0.25) is 0 Å². The fourth-order valence-corrected chi connectivity index (χ4v) is 2.49. The Bertz CT molecular complexity index is 296. The van der Waals surface area contributed by atoms with Crippen molar-refractivity contribution in [2.24, 2.45) is 0 Å². The van der Waals surface area contributed by atoms with Gasteiger partial charge in [0.05, 0.1) is 12.2 Å². The Morgan fingerprint density at radius 1 is 1.38 bits per heavy atom. The predicted octanol–water partition coefficient (Wildman–Crippen LogP) is 2.65. The summed E-state index contributed by atoms with van der Waals surface area (Å²) >= 11 is 0. The van der Waals surface area contributed by atoms with E-state index in [-0.39, 0.29) is 11.7 Å². The van der Waals surface area contributed by atoms with Crippen LogP contribution in [0.4, 0.5) is 0 Å². The zero-order chi connectivity index (χ0) is 11.8. The van der Waals surface area contributed by atoms with Crippen molar-refractivity contribution in [2.45, 2.75) is 58.0 Å². The van der Waals surface area contributed by atoms with Crippen LogP contribution in [0.3, 0.4) is 0 Å². The van der Waals surface area contributed by atoms with E-state index in [4.69, 9.17) is 14.2 Å². The van der Waals surface area contributed by atoms with Gasteiger partial charge in [-0.3, -0.25) is 0 Å². The highest BCUT2D eigenvalue weighted by Crippen LogP contribution is 2.42. The van der Waals surface area contributed by atoms with E-state index in [0.717, 1.165) is 12.8 Å². The average Bonchev–Trinajstić information content (AvgIpc) is 2.32. The van der Waals surface area contributed by atoms with Crippen LogP contribution in [0.25, 0.3) is 0 Å². The molecule has 0 amide bonds. The van der Waals surface area contributed by atoms with Gasteiger partial charge in [0, 0.05) is 0 Å². The number of allylic oxidation sites excluding steroid dienone is 2. The maximum atomic E-state index is 6.07. The molecular weight excluding hydrogens is 204 g/mol. The quantitative estimate of drug-likeness (QED) is 0.692. The van der Waals surface area contributed by atoms with Gasteiger partial charge < -0.3 is 14.2 Å². The van der Waals surface area contributed by atoms with Gasteiger partial charge in [0.15, 0.2) is 5.79 Å². The molecular formula is C13H22O3. The Kier molecular flexibility index (Phi) is 3.12. The van der Waals surface area contributed by atoms with Crippen LogP contribution in [0.5, 0.6) is 0 Å². The third-order valence-corrected chi connectivity index (χ3v) is 3.35. The van der Waals surface area contributed by atoms with Crippen molar-refractivity contribution in [3.63, 3.8) is 0 Å². The monoisotopic (exact) mass is 226 g/mol. The Balaban J connectivity index is 2.00. The van der Waals surface area contributed by atoms with E-state index >= 15 is 0 Å². The normalized spacial score (nSPS) is 42.1. The standard InChI is InChI=1S/C13H22O3/c1-10(2)6-5-7-12(3)11-8-14-9-13(4,15-11)16-12/h6,11H,5,7-9H2,1-4H3/t11-,12-,13-/m0/s1. The van der Waals surface area contributed by atoms with Gasteiger partial charge in [-0.05, 0) is 40.5 Å². The minimum absolute atomic E-state index is 0.0804. The number of ether oxygens (including phenoxy) is 3. The number of rotatable bonds is 3. The maximum absolute atomic E-state index is 6.07. The van der Waals surface area contributed by atoms with E-state index in [0.29, 0.717) is 13.2 Å². The first-order valence-electron chi connectivity index (χ1n) is 6.03. The van der Waals surface area contributed by atoms with Gasteiger partial charge in [-0.25, -0.2) is 0 Å². The summed E-state index contributed by atoms with van der Waals surface area (Å²) < 4.78 is 17.5. The van der Waals surface area contributed by atoms with Gasteiger partial charge >= 0.3 is 0 Å². The van der Waals surface area contributed by atoms with Gasteiger partial charge in [0.25, 0.3) is 0 Å². The largest absolute Gasteiger partial charge is 0.373 e. The molecule has 2 heterocycles. The highest BCUT2D eigenvalue weighted by molar-refractivity contribution is 5.00. The number of fused-ring (bicyclic) bond motifs is 2. The molecule has 0 spiro atoms. The fourth-order valence-electron chi connectivity index (χ4n) is 2.49. The van der Waals surface area contributed by atoms with Gasteiger partial charge in [-0.2, -0.15) is 0 Å². The molecule has 0 saturated carbocycles. The Hall–Kier alpha value is -0.380. The van der Waals surface area contributed by atoms with Crippen molar-refractivity contribution in [1.82, 2.24) is 0 Å². The molecule has 0 N–H and O–H groups in total. The van der Waals surface area contributed by atoms with Crippen LogP contribution in [0.2, 0.25) is 0 Å². The molecule has 2 aliphatic rings. The first kappa shape index (κ1) is 12.1. The minimum atomic E-state index is -0.525. The van der Waals surface area contributed by atoms with E-state index in [1.165, 1.54) is 5.57 Å². The molecule has 0 aromatic carbocycles. The van der Waals surface area contributed by atoms with Crippen LogP contribution >= 0.6 is 0 Å². The SMILES string of the molecule is CC(C)=CCC[C@]1(C)O[C@@]2(C)COC[C@@H]1O2. The average molecular weight is 226 g/mol. The Morgan fingerprint density at radius 2 is 2.12 bits per heavy atom. The lowest BCUT2D eigenvalue weighted by molar-refractivity contribution is -0.230. The summed E-state index contributed by atoms with van der Waals surface area (Å²) in [6.07, 6.45) is 4.35. The first-order chi connectivity index (χ1) is 7.44. The van der Waals surface area contributed by atoms with Crippen molar-refractivity contribution >= 4 is 0 Å². The molecule has 2 aliphatic heterocycles. The van der Waals surface area contributed by atoms with Gasteiger partial charge in [0.1, 0.15) is 12.7 Å². The molecule has 2 saturated heterocycles. The number of hydrogen-bond acceptors (Lipinski definition) is 3. The summed E-state index contributed by atoms with van der Waals surface area (Å²) in [7, 11) is 0. The first-order valence-corrected chi connectivity index (χ1v) is 6.03. The molecule has 2 bridgehead atoms. The molecule has 2 fully saturated rings. The van der Waals surface area contributed by atoms with Crippen molar-refractivity contribution in [3.8, 4) is 0 Å². The lowest BCUT2D eigenvalue weighted by Crippen LogP contribution is -2.40. The molecule has 2 rings (SSSR count).